The van der Waals surface area contributed by atoms with E-state index in [0.29, 0.717) is 12.5 Å². The zero-order chi connectivity index (χ0) is 17.1. The van der Waals surface area contributed by atoms with E-state index in [1.54, 1.807) is 18.6 Å². The molecular formula is C17H22N6OS. The highest BCUT2D eigenvalue weighted by atomic mass is 32.1. The van der Waals surface area contributed by atoms with Gasteiger partial charge >= 0.3 is 0 Å². The molecule has 0 aromatic carbocycles. The standard InChI is InChI=1S/C17H22N6OS/c24-16(23-6-1-14(11-23)22-7-4-18-5-8-22)9-13-12-25-17(21-13)15-10-19-2-3-20-15/h2-3,10,12,14,18H,1,4-9,11H2. The topological polar surface area (TPSA) is 74.2 Å². The molecular weight excluding hydrogens is 336 g/mol. The number of carbonyl (C=O) groups excluding carboxylic acids is 1. The van der Waals surface area contributed by atoms with Crippen molar-refractivity contribution in [3.05, 3.63) is 29.7 Å². The molecule has 2 aliphatic rings. The molecule has 7 nitrogen and oxygen atoms in total. The summed E-state index contributed by atoms with van der Waals surface area (Å²) in [5.41, 5.74) is 1.58. The lowest BCUT2D eigenvalue weighted by Gasteiger charge is -2.32. The number of piperazine rings is 1. The molecule has 1 amide bonds. The van der Waals surface area contributed by atoms with Crippen molar-refractivity contribution in [2.45, 2.75) is 18.9 Å². The van der Waals surface area contributed by atoms with Gasteiger partial charge in [0.15, 0.2) is 0 Å². The Morgan fingerprint density at radius 2 is 2.16 bits per heavy atom. The number of thiazole rings is 1. The molecule has 0 spiro atoms. The van der Waals surface area contributed by atoms with Crippen LogP contribution in [0.5, 0.6) is 0 Å². The summed E-state index contributed by atoms with van der Waals surface area (Å²) >= 11 is 1.51. The van der Waals surface area contributed by atoms with Crippen molar-refractivity contribution < 1.29 is 4.79 Å². The van der Waals surface area contributed by atoms with Crippen molar-refractivity contribution in [1.29, 1.82) is 0 Å². The molecule has 8 heteroatoms. The SMILES string of the molecule is O=C(Cc1csc(-c2cnccn2)n1)N1CCC(N2CCNCC2)C1. The third-order valence-corrected chi connectivity index (χ3v) is 5.76. The summed E-state index contributed by atoms with van der Waals surface area (Å²) in [6.45, 7) is 5.97. The van der Waals surface area contributed by atoms with Gasteiger partial charge in [0.1, 0.15) is 10.7 Å². The lowest BCUT2D eigenvalue weighted by atomic mass is 10.2. The number of hydrogen-bond acceptors (Lipinski definition) is 7. The van der Waals surface area contributed by atoms with Crippen LogP contribution in [-0.2, 0) is 11.2 Å². The van der Waals surface area contributed by atoms with Gasteiger partial charge in [-0.1, -0.05) is 0 Å². The Morgan fingerprint density at radius 3 is 2.96 bits per heavy atom. The van der Waals surface area contributed by atoms with Gasteiger partial charge in [-0.2, -0.15) is 0 Å². The number of nitrogens with zero attached hydrogens (tertiary/aromatic N) is 5. The highest BCUT2D eigenvalue weighted by Gasteiger charge is 2.31. The smallest absolute Gasteiger partial charge is 0.228 e. The first kappa shape index (κ1) is 16.6. The van der Waals surface area contributed by atoms with E-state index in [2.05, 4.69) is 25.2 Å². The largest absolute Gasteiger partial charge is 0.341 e. The van der Waals surface area contributed by atoms with Crippen molar-refractivity contribution in [3.63, 3.8) is 0 Å². The molecule has 2 fully saturated rings. The van der Waals surface area contributed by atoms with E-state index in [1.807, 2.05) is 10.3 Å². The summed E-state index contributed by atoms with van der Waals surface area (Å²) in [5.74, 6) is 0.175. The van der Waals surface area contributed by atoms with Crippen molar-refractivity contribution in [2.24, 2.45) is 0 Å². The van der Waals surface area contributed by atoms with Crippen molar-refractivity contribution in [2.75, 3.05) is 39.3 Å². The second-order valence-electron chi connectivity index (χ2n) is 6.48. The minimum absolute atomic E-state index is 0.175. The van der Waals surface area contributed by atoms with Crippen LogP contribution in [0.15, 0.2) is 24.0 Å². The molecule has 0 radical (unpaired) electrons. The van der Waals surface area contributed by atoms with E-state index in [4.69, 9.17) is 0 Å². The van der Waals surface area contributed by atoms with Crippen LogP contribution in [0, 0.1) is 0 Å². The molecule has 0 aliphatic carbocycles. The van der Waals surface area contributed by atoms with Crippen molar-refractivity contribution in [1.82, 2.24) is 30.1 Å². The molecule has 2 aromatic rings. The zero-order valence-corrected chi connectivity index (χ0v) is 14.9. The van der Waals surface area contributed by atoms with Crippen LogP contribution < -0.4 is 5.32 Å². The maximum atomic E-state index is 12.6. The number of amides is 1. The predicted octanol–water partition coefficient (Wildman–Crippen LogP) is 0.649. The summed E-state index contributed by atoms with van der Waals surface area (Å²) < 4.78 is 0. The van der Waals surface area contributed by atoms with Crippen LogP contribution >= 0.6 is 11.3 Å². The summed E-state index contributed by atoms with van der Waals surface area (Å²) in [5, 5.41) is 6.15. The maximum absolute atomic E-state index is 12.6. The third-order valence-electron chi connectivity index (χ3n) is 4.85. The number of aromatic nitrogens is 3. The zero-order valence-electron chi connectivity index (χ0n) is 14.1. The van der Waals surface area contributed by atoms with E-state index in [-0.39, 0.29) is 5.91 Å². The molecule has 0 bridgehead atoms. The minimum atomic E-state index is 0.175. The molecule has 2 aliphatic heterocycles. The van der Waals surface area contributed by atoms with E-state index in [0.717, 1.165) is 62.1 Å². The molecule has 25 heavy (non-hydrogen) atoms. The van der Waals surface area contributed by atoms with Gasteiger partial charge in [0.2, 0.25) is 5.91 Å². The minimum Gasteiger partial charge on any atom is -0.341 e. The average molecular weight is 358 g/mol. The first-order valence-electron chi connectivity index (χ1n) is 8.73. The molecule has 1 N–H and O–H groups in total. The predicted molar refractivity (Wildman–Crippen MR) is 96.3 cm³/mol. The fourth-order valence-corrected chi connectivity index (χ4v) is 4.28. The Morgan fingerprint density at radius 1 is 1.28 bits per heavy atom. The lowest BCUT2D eigenvalue weighted by molar-refractivity contribution is -0.129. The van der Waals surface area contributed by atoms with Gasteiger partial charge in [0.25, 0.3) is 0 Å². The van der Waals surface area contributed by atoms with Gasteiger partial charge in [-0.25, -0.2) is 4.98 Å². The Kier molecular flexibility index (Phi) is 5.00. The number of carbonyl (C=O) groups is 1. The van der Waals surface area contributed by atoms with Gasteiger partial charge in [-0.3, -0.25) is 19.7 Å². The molecule has 2 aromatic heterocycles. The summed E-state index contributed by atoms with van der Waals surface area (Å²) in [6, 6.07) is 0.511. The van der Waals surface area contributed by atoms with E-state index in [1.165, 1.54) is 11.3 Å². The van der Waals surface area contributed by atoms with E-state index >= 15 is 0 Å². The first-order chi connectivity index (χ1) is 12.3. The highest BCUT2D eigenvalue weighted by Crippen LogP contribution is 2.22. The van der Waals surface area contributed by atoms with Crippen LogP contribution in [0.25, 0.3) is 10.7 Å². The molecule has 1 unspecified atom stereocenters. The third kappa shape index (κ3) is 3.86. The number of rotatable bonds is 4. The summed E-state index contributed by atoms with van der Waals surface area (Å²) in [4.78, 5) is 30.0. The second kappa shape index (κ2) is 7.55. The fourth-order valence-electron chi connectivity index (χ4n) is 3.50. The normalized spacial score (nSPS) is 21.6. The summed E-state index contributed by atoms with van der Waals surface area (Å²) in [6.07, 6.45) is 6.44. The molecule has 1 atom stereocenters. The van der Waals surface area contributed by atoms with Crippen LogP contribution in [0.3, 0.4) is 0 Å². The highest BCUT2D eigenvalue weighted by molar-refractivity contribution is 7.13. The van der Waals surface area contributed by atoms with Gasteiger partial charge in [0.05, 0.1) is 18.3 Å². The van der Waals surface area contributed by atoms with Crippen molar-refractivity contribution >= 4 is 17.2 Å². The van der Waals surface area contributed by atoms with E-state index < -0.39 is 0 Å². The maximum Gasteiger partial charge on any atom is 0.228 e. The van der Waals surface area contributed by atoms with Crippen LogP contribution in [0.1, 0.15) is 12.1 Å². The van der Waals surface area contributed by atoms with Crippen LogP contribution in [0.2, 0.25) is 0 Å². The average Bonchev–Trinajstić information content (AvgIpc) is 3.33. The van der Waals surface area contributed by atoms with Gasteiger partial charge < -0.3 is 10.2 Å². The van der Waals surface area contributed by atoms with Gasteiger partial charge in [0, 0.05) is 63.1 Å². The van der Waals surface area contributed by atoms with Crippen LogP contribution in [-0.4, -0.2) is 76.0 Å². The second-order valence-corrected chi connectivity index (χ2v) is 7.34. The lowest BCUT2D eigenvalue weighted by Crippen LogP contribution is -2.49. The quantitative estimate of drug-likeness (QED) is 0.865. The number of nitrogens with one attached hydrogen (secondary N) is 1. The molecule has 0 saturated carbocycles. The molecule has 132 valence electrons. The summed E-state index contributed by atoms with van der Waals surface area (Å²) in [7, 11) is 0. The molecule has 4 heterocycles. The number of hydrogen-bond donors (Lipinski definition) is 1. The monoisotopic (exact) mass is 358 g/mol. The van der Waals surface area contributed by atoms with Crippen molar-refractivity contribution in [3.8, 4) is 10.7 Å². The first-order valence-corrected chi connectivity index (χ1v) is 9.61. The van der Waals surface area contributed by atoms with Gasteiger partial charge in [-0.05, 0) is 6.42 Å². The van der Waals surface area contributed by atoms with Gasteiger partial charge in [-0.15, -0.1) is 11.3 Å². The van der Waals surface area contributed by atoms with E-state index in [9.17, 15) is 4.79 Å². The number of likely N-dealkylation sites (tertiary alicyclic amines) is 1. The Labute approximate surface area is 151 Å². The fraction of sp³-hybridized carbons (Fsp3) is 0.529. The Bertz CT molecular complexity index is 715. The Balaban J connectivity index is 1.34. The molecule has 4 rings (SSSR count). The van der Waals surface area contributed by atoms with Crippen LogP contribution in [0.4, 0.5) is 0 Å². The molecule has 2 saturated heterocycles. The Hall–Kier alpha value is -1.90.